The monoisotopic (exact) mass is 512 g/mol. The molecule has 0 aliphatic heterocycles. The second-order valence-corrected chi connectivity index (χ2v) is 4.63. The van der Waals surface area contributed by atoms with Crippen molar-refractivity contribution in [3.8, 4) is 0 Å². The summed E-state index contributed by atoms with van der Waals surface area (Å²) in [5.41, 5.74) is 0. The lowest BCUT2D eigenvalue weighted by atomic mass is 10.5. The lowest BCUT2D eigenvalue weighted by molar-refractivity contribution is -0.566. The molecule has 0 radical (unpaired) electrons. The second-order valence-electron chi connectivity index (χ2n) is 4.63. The Kier molecular flexibility index (Phi) is 20.4. The minimum absolute atomic E-state index is 0. The summed E-state index contributed by atoms with van der Waals surface area (Å²) in [6.07, 6.45) is -29.4. The molecule has 32 heavy (non-hydrogen) atoms. The van der Waals surface area contributed by atoms with E-state index >= 15 is 0 Å². The zero-order valence-corrected chi connectivity index (χ0v) is 13.5. The second kappa shape index (κ2) is 15.8. The summed E-state index contributed by atoms with van der Waals surface area (Å²) in [4.78, 5) is 0. The fraction of sp³-hybridized carbons (Fsp3) is 1.00. The van der Waals surface area contributed by atoms with E-state index in [1.807, 2.05) is 0 Å². The first-order valence-corrected chi connectivity index (χ1v) is 6.86. The highest BCUT2D eigenvalue weighted by Gasteiger charge is 2.68. The van der Waals surface area contributed by atoms with Crippen molar-refractivity contribution in [3.05, 3.63) is 0 Å². The van der Waals surface area contributed by atoms with Gasteiger partial charge in [0.1, 0.15) is 13.2 Å². The van der Waals surface area contributed by atoms with Crippen LogP contribution in [0.4, 0.5) is 43.9 Å². The minimum atomic E-state index is -6.58. The number of ether oxygens (including phenoxy) is 5. The molecule has 0 unspecified atom stereocenters. The zero-order chi connectivity index (χ0) is 22.3. The van der Waals surface area contributed by atoms with Gasteiger partial charge in [-0.15, -0.1) is 8.78 Å². The molecule has 0 heterocycles. The number of hydrogen-bond acceptors (Lipinski definition) is 7. The quantitative estimate of drug-likeness (QED) is 0.190. The van der Waals surface area contributed by atoms with Gasteiger partial charge in [-0.2, -0.15) is 35.1 Å². The van der Waals surface area contributed by atoms with E-state index in [0.29, 0.717) is 0 Å². The molecule has 0 fully saturated rings. The van der Waals surface area contributed by atoms with Gasteiger partial charge in [0.15, 0.2) is 0 Å². The number of aliphatic hydroxyl groups excluding tert-OH is 2. The van der Waals surface area contributed by atoms with Crippen molar-refractivity contribution in [1.82, 2.24) is 0 Å². The SMILES string of the molecule is C.C.C.C.OCCOCC(F)(F)OC(F)(F)OC(F)(F)C(F)(F)OC(F)(F)COCCO. The molecule has 0 aromatic carbocycles. The molecular formula is C15H30F10O7. The van der Waals surface area contributed by atoms with Gasteiger partial charge in [0.05, 0.1) is 26.4 Å². The first-order valence-electron chi connectivity index (χ1n) is 6.86. The Morgan fingerprint density at radius 2 is 0.812 bits per heavy atom. The Morgan fingerprint density at radius 1 is 0.500 bits per heavy atom. The van der Waals surface area contributed by atoms with Crippen molar-refractivity contribution in [2.75, 3.05) is 39.6 Å². The summed E-state index contributed by atoms with van der Waals surface area (Å²) in [5, 5.41) is 16.5. The molecule has 0 bridgehead atoms. The smallest absolute Gasteiger partial charge is 0.394 e. The summed E-state index contributed by atoms with van der Waals surface area (Å²) in [7, 11) is 0. The summed E-state index contributed by atoms with van der Waals surface area (Å²) in [6, 6.07) is 0. The maximum Gasteiger partial charge on any atom is 0.495 e. The van der Waals surface area contributed by atoms with Crippen molar-refractivity contribution in [1.29, 1.82) is 0 Å². The van der Waals surface area contributed by atoms with Crippen molar-refractivity contribution < 1.29 is 77.8 Å². The molecule has 0 saturated heterocycles. The molecule has 0 amide bonds. The van der Waals surface area contributed by atoms with Crippen LogP contribution in [0.1, 0.15) is 29.7 Å². The predicted octanol–water partition coefficient (Wildman–Crippen LogP) is 4.52. The lowest BCUT2D eigenvalue weighted by Gasteiger charge is -2.31. The average Bonchev–Trinajstić information content (AvgIpc) is 2.43. The van der Waals surface area contributed by atoms with Crippen LogP contribution in [-0.2, 0) is 23.7 Å². The van der Waals surface area contributed by atoms with Crippen LogP contribution < -0.4 is 0 Å². The van der Waals surface area contributed by atoms with Crippen molar-refractivity contribution >= 4 is 0 Å². The van der Waals surface area contributed by atoms with Gasteiger partial charge < -0.3 is 19.7 Å². The molecule has 0 aromatic heterocycles. The predicted molar refractivity (Wildman–Crippen MR) is 90.7 cm³/mol. The van der Waals surface area contributed by atoms with Gasteiger partial charge in [0.2, 0.25) is 0 Å². The van der Waals surface area contributed by atoms with Gasteiger partial charge in [-0.25, -0.2) is 14.2 Å². The van der Waals surface area contributed by atoms with Crippen molar-refractivity contribution in [2.24, 2.45) is 0 Å². The standard InChI is InChI=1S/C11H14F10O7.4CH4/c12-7(13,5-24-3-1-22)26-9(16,17)10(18,19)28-11(20,21)27-8(14,15)6-25-4-2-23;;;;/h22-23H,1-6H2;4*1H4. The number of rotatable bonds is 15. The van der Waals surface area contributed by atoms with E-state index in [2.05, 4.69) is 23.7 Å². The fourth-order valence-electron chi connectivity index (χ4n) is 1.22. The molecule has 0 spiro atoms. The molecule has 17 heteroatoms. The van der Waals surface area contributed by atoms with Crippen molar-refractivity contribution in [2.45, 2.75) is 60.4 Å². The van der Waals surface area contributed by atoms with Gasteiger partial charge in [-0.1, -0.05) is 29.7 Å². The highest BCUT2D eigenvalue weighted by molar-refractivity contribution is 4.71. The van der Waals surface area contributed by atoms with E-state index in [4.69, 9.17) is 10.2 Å². The highest BCUT2D eigenvalue weighted by atomic mass is 19.3. The van der Waals surface area contributed by atoms with Gasteiger partial charge in [-0.05, 0) is 0 Å². The van der Waals surface area contributed by atoms with E-state index in [0.717, 1.165) is 0 Å². The van der Waals surface area contributed by atoms with Crippen LogP contribution in [-0.4, -0.2) is 80.6 Å². The Balaban J connectivity index is -0.000000607. The Bertz CT molecular complexity index is 468. The van der Waals surface area contributed by atoms with Crippen LogP contribution in [0.5, 0.6) is 0 Å². The van der Waals surface area contributed by atoms with Gasteiger partial charge in [0, 0.05) is 0 Å². The summed E-state index contributed by atoms with van der Waals surface area (Å²) in [5.74, 6) is 0. The van der Waals surface area contributed by atoms with Gasteiger partial charge >= 0.3 is 30.7 Å². The third-order valence-corrected chi connectivity index (χ3v) is 2.14. The lowest BCUT2D eigenvalue weighted by Crippen LogP contribution is -2.54. The van der Waals surface area contributed by atoms with Gasteiger partial charge in [-0.3, -0.25) is 0 Å². The fourth-order valence-corrected chi connectivity index (χ4v) is 1.22. The third-order valence-electron chi connectivity index (χ3n) is 2.14. The Morgan fingerprint density at radius 3 is 1.16 bits per heavy atom. The number of halogens is 10. The first-order chi connectivity index (χ1) is 12.5. The highest BCUT2D eigenvalue weighted by Crippen LogP contribution is 2.44. The van der Waals surface area contributed by atoms with Gasteiger partial charge in [0.25, 0.3) is 0 Å². The maximum atomic E-state index is 13.1. The van der Waals surface area contributed by atoms with Crippen LogP contribution in [0.25, 0.3) is 0 Å². The van der Waals surface area contributed by atoms with Crippen LogP contribution in [0.3, 0.4) is 0 Å². The minimum Gasteiger partial charge on any atom is -0.394 e. The molecular weight excluding hydrogens is 482 g/mol. The molecule has 202 valence electrons. The summed E-state index contributed by atoms with van der Waals surface area (Å²) < 4.78 is 145. The molecule has 0 aromatic rings. The molecule has 7 nitrogen and oxygen atoms in total. The van der Waals surface area contributed by atoms with Crippen LogP contribution in [0, 0.1) is 0 Å². The van der Waals surface area contributed by atoms with Crippen molar-refractivity contribution in [3.63, 3.8) is 0 Å². The van der Waals surface area contributed by atoms with Crippen LogP contribution in [0.2, 0.25) is 0 Å². The van der Waals surface area contributed by atoms with Crippen LogP contribution >= 0.6 is 0 Å². The summed E-state index contributed by atoms with van der Waals surface area (Å²) >= 11 is 0. The first kappa shape index (κ1) is 41.3. The number of alkyl halides is 10. The molecule has 0 saturated carbocycles. The molecule has 0 rings (SSSR count). The van der Waals surface area contributed by atoms with Crippen LogP contribution in [0.15, 0.2) is 0 Å². The molecule has 2 N–H and O–H groups in total. The largest absolute Gasteiger partial charge is 0.495 e. The van der Waals surface area contributed by atoms with E-state index < -0.39 is 70.4 Å². The Labute approximate surface area is 179 Å². The zero-order valence-electron chi connectivity index (χ0n) is 13.5. The maximum absolute atomic E-state index is 13.1. The van der Waals surface area contributed by atoms with E-state index in [-0.39, 0.29) is 29.7 Å². The molecule has 0 aliphatic carbocycles. The van der Waals surface area contributed by atoms with E-state index in [1.54, 1.807) is 0 Å². The summed E-state index contributed by atoms with van der Waals surface area (Å²) in [6.45, 7) is -7.44. The molecule has 0 aliphatic rings. The Hall–Kier alpha value is -0.980. The normalized spacial score (nSPS) is 12.8. The number of aliphatic hydroxyl groups is 2. The van der Waals surface area contributed by atoms with E-state index in [1.165, 1.54) is 0 Å². The van der Waals surface area contributed by atoms with E-state index in [9.17, 15) is 43.9 Å². The topological polar surface area (TPSA) is 86.6 Å². The third kappa shape index (κ3) is 15.8. The average molecular weight is 512 g/mol. The molecule has 0 atom stereocenters. The number of hydrogen-bond donors (Lipinski definition) is 2.